The highest BCUT2D eigenvalue weighted by molar-refractivity contribution is 5.82. The smallest absolute Gasteiger partial charge is 0.422 e. The van der Waals surface area contributed by atoms with E-state index < -0.39 is 29.7 Å². The molecule has 0 aromatic carbocycles. The van der Waals surface area contributed by atoms with Gasteiger partial charge in [-0.25, -0.2) is 10.1 Å². The molecule has 1 saturated heterocycles. The molecule has 3 N–H and O–H groups in total. The number of alkyl halides is 6. The number of ether oxygens (including phenoxy) is 1. The summed E-state index contributed by atoms with van der Waals surface area (Å²) >= 11 is 0. The lowest BCUT2D eigenvalue weighted by atomic mass is 10.1. The maximum Gasteiger partial charge on any atom is 0.452 e. The molecule has 1 aliphatic rings. The largest absolute Gasteiger partial charge is 0.452 e. The zero-order valence-electron chi connectivity index (χ0n) is 7.66. The number of nitrogens with one attached hydrogen (secondary N) is 1. The summed E-state index contributed by atoms with van der Waals surface area (Å²) in [5.74, 6) is -1.83. The molecule has 1 heterocycles. The van der Waals surface area contributed by atoms with Crippen molar-refractivity contribution in [1.29, 1.82) is 0 Å². The summed E-state index contributed by atoms with van der Waals surface area (Å²) in [5, 5.41) is 0.929. The zero-order chi connectivity index (χ0) is 13.0. The van der Waals surface area contributed by atoms with Gasteiger partial charge in [-0.15, -0.1) is 0 Å². The van der Waals surface area contributed by atoms with E-state index in [1.165, 1.54) is 0 Å². The fraction of sp³-hybridized carbons (Fsp3) is 0.833. The van der Waals surface area contributed by atoms with Crippen molar-refractivity contribution in [2.75, 3.05) is 0 Å². The summed E-state index contributed by atoms with van der Waals surface area (Å²) in [6.07, 6.45) is -11.7. The first kappa shape index (κ1) is 13.0. The van der Waals surface area contributed by atoms with Crippen molar-refractivity contribution in [3.8, 4) is 0 Å². The number of hydrogen-bond donors (Lipinski definition) is 2. The molecule has 4 nitrogen and oxygen atoms in total. The van der Waals surface area contributed by atoms with E-state index in [2.05, 4.69) is 4.74 Å². The van der Waals surface area contributed by atoms with Gasteiger partial charge < -0.3 is 10.5 Å². The highest BCUT2D eigenvalue weighted by Crippen LogP contribution is 2.47. The summed E-state index contributed by atoms with van der Waals surface area (Å²) in [6, 6.07) is 0. The first-order chi connectivity index (χ1) is 6.83. The van der Waals surface area contributed by atoms with Crippen LogP contribution in [-0.2, 0) is 9.53 Å². The van der Waals surface area contributed by atoms with Crippen molar-refractivity contribution >= 4 is 5.97 Å². The second kappa shape index (κ2) is 3.00. The highest BCUT2D eigenvalue weighted by Gasteiger charge is 2.79. The average Bonchev–Trinajstić information content (AvgIpc) is 2.21. The molecular weight excluding hydrogens is 246 g/mol. The van der Waals surface area contributed by atoms with Gasteiger partial charge in [0.05, 0.1) is 0 Å². The van der Waals surface area contributed by atoms with Crippen LogP contribution in [0.15, 0.2) is 0 Å². The Morgan fingerprint density at radius 1 is 1.19 bits per heavy atom. The van der Waals surface area contributed by atoms with Crippen LogP contribution in [0.5, 0.6) is 0 Å². The van der Waals surface area contributed by atoms with E-state index in [9.17, 15) is 31.1 Å². The molecular formula is C6H6F6N2O2. The van der Waals surface area contributed by atoms with E-state index in [1.807, 2.05) is 0 Å². The van der Waals surface area contributed by atoms with Gasteiger partial charge in [-0.2, -0.15) is 26.3 Å². The molecule has 0 amide bonds. The zero-order valence-corrected chi connectivity index (χ0v) is 7.66. The number of carbonyl (C=O) groups excluding carboxylic acids is 1. The first-order valence-electron chi connectivity index (χ1n) is 3.78. The van der Waals surface area contributed by atoms with Crippen LogP contribution in [0.3, 0.4) is 0 Å². The Morgan fingerprint density at radius 3 is 1.69 bits per heavy atom. The minimum absolute atomic E-state index is 0.647. The van der Waals surface area contributed by atoms with E-state index in [4.69, 9.17) is 5.73 Å². The lowest BCUT2D eigenvalue weighted by molar-refractivity contribution is -0.370. The fourth-order valence-corrected chi connectivity index (χ4v) is 1.11. The Labute approximate surface area is 84.7 Å². The van der Waals surface area contributed by atoms with Crippen LogP contribution < -0.4 is 11.1 Å². The Kier molecular flexibility index (Phi) is 2.45. The number of carbonyl (C=O) groups is 1. The van der Waals surface area contributed by atoms with Gasteiger partial charge in [-0.3, -0.25) is 0 Å². The van der Waals surface area contributed by atoms with Crippen LogP contribution in [0.2, 0.25) is 0 Å². The van der Waals surface area contributed by atoms with Crippen LogP contribution in [0, 0.1) is 0 Å². The minimum Gasteiger partial charge on any atom is -0.422 e. The molecule has 1 fully saturated rings. The van der Waals surface area contributed by atoms with Crippen molar-refractivity contribution in [1.82, 2.24) is 5.32 Å². The number of esters is 1. The average molecular weight is 252 g/mol. The standard InChI is InChI=1S/C6H6F6N2O2/c1-3(13)2(15)16-4(14-3,5(7,8)9)6(10,11)12/h14H,13H2,1H3. The van der Waals surface area contributed by atoms with Gasteiger partial charge in [0.15, 0.2) is 5.66 Å². The van der Waals surface area contributed by atoms with Crippen molar-refractivity contribution in [2.24, 2.45) is 5.73 Å². The van der Waals surface area contributed by atoms with Crippen LogP contribution in [0.25, 0.3) is 0 Å². The third kappa shape index (κ3) is 1.61. The molecule has 16 heavy (non-hydrogen) atoms. The van der Waals surface area contributed by atoms with Crippen LogP contribution >= 0.6 is 0 Å². The molecule has 10 heteroatoms. The molecule has 0 spiro atoms. The molecule has 0 bridgehead atoms. The van der Waals surface area contributed by atoms with Gasteiger partial charge in [-0.1, -0.05) is 0 Å². The number of rotatable bonds is 0. The van der Waals surface area contributed by atoms with Crippen molar-refractivity contribution < 1.29 is 35.9 Å². The number of nitrogens with two attached hydrogens (primary N) is 1. The molecule has 1 aliphatic heterocycles. The molecule has 0 aromatic heterocycles. The molecule has 1 unspecified atom stereocenters. The third-order valence-corrected chi connectivity index (χ3v) is 1.90. The van der Waals surface area contributed by atoms with Gasteiger partial charge in [-0.05, 0) is 6.92 Å². The maximum absolute atomic E-state index is 12.3. The van der Waals surface area contributed by atoms with Gasteiger partial charge >= 0.3 is 24.0 Å². The molecule has 0 saturated carbocycles. The summed E-state index contributed by atoms with van der Waals surface area (Å²) in [5.41, 5.74) is -2.40. The lowest BCUT2D eigenvalue weighted by Crippen LogP contribution is -2.68. The van der Waals surface area contributed by atoms with E-state index >= 15 is 0 Å². The quantitative estimate of drug-likeness (QED) is 0.490. The van der Waals surface area contributed by atoms with Gasteiger partial charge in [0.2, 0.25) is 0 Å². The third-order valence-electron chi connectivity index (χ3n) is 1.90. The Hall–Kier alpha value is -1.03. The van der Waals surface area contributed by atoms with Gasteiger partial charge in [0, 0.05) is 0 Å². The Bertz CT molecular complexity index is 306. The molecule has 1 rings (SSSR count). The summed E-state index contributed by atoms with van der Waals surface area (Å²) < 4.78 is 77.2. The predicted molar refractivity (Wildman–Crippen MR) is 36.7 cm³/mol. The fourth-order valence-electron chi connectivity index (χ4n) is 1.11. The monoisotopic (exact) mass is 252 g/mol. The molecule has 0 aromatic rings. The Balaban J connectivity index is 3.28. The highest BCUT2D eigenvalue weighted by atomic mass is 19.4. The maximum atomic E-state index is 12.3. The van der Waals surface area contributed by atoms with E-state index in [-0.39, 0.29) is 0 Å². The molecule has 0 aliphatic carbocycles. The van der Waals surface area contributed by atoms with Gasteiger partial charge in [0.25, 0.3) is 0 Å². The summed E-state index contributed by atoms with van der Waals surface area (Å²) in [6.45, 7) is 0.647. The van der Waals surface area contributed by atoms with E-state index in [0.717, 1.165) is 5.32 Å². The SMILES string of the molecule is CC1(N)NC(C(F)(F)F)(C(F)(F)F)OC1=O. The van der Waals surface area contributed by atoms with Crippen LogP contribution in [-0.4, -0.2) is 29.7 Å². The van der Waals surface area contributed by atoms with Crippen LogP contribution in [0.4, 0.5) is 26.3 Å². The molecule has 0 radical (unpaired) electrons. The van der Waals surface area contributed by atoms with E-state index in [1.54, 1.807) is 0 Å². The van der Waals surface area contributed by atoms with Crippen molar-refractivity contribution in [2.45, 2.75) is 30.7 Å². The molecule has 94 valence electrons. The number of halogens is 6. The van der Waals surface area contributed by atoms with E-state index in [0.29, 0.717) is 6.92 Å². The summed E-state index contributed by atoms with van der Waals surface area (Å²) in [7, 11) is 0. The molecule has 1 atom stereocenters. The predicted octanol–water partition coefficient (Wildman–Crippen LogP) is 0.629. The first-order valence-corrected chi connectivity index (χ1v) is 3.78. The van der Waals surface area contributed by atoms with Crippen molar-refractivity contribution in [3.05, 3.63) is 0 Å². The van der Waals surface area contributed by atoms with Crippen LogP contribution in [0.1, 0.15) is 6.92 Å². The Morgan fingerprint density at radius 2 is 1.56 bits per heavy atom. The normalized spacial score (nSPS) is 30.4. The van der Waals surface area contributed by atoms with Crippen molar-refractivity contribution in [3.63, 3.8) is 0 Å². The summed E-state index contributed by atoms with van der Waals surface area (Å²) in [4.78, 5) is 10.8. The topological polar surface area (TPSA) is 64.3 Å². The second-order valence-corrected chi connectivity index (χ2v) is 3.39. The number of cyclic esters (lactones) is 1. The number of hydrogen-bond acceptors (Lipinski definition) is 4. The minimum atomic E-state index is -5.86. The lowest BCUT2D eigenvalue weighted by Gasteiger charge is -2.32. The van der Waals surface area contributed by atoms with Gasteiger partial charge in [0.1, 0.15) is 0 Å². The second-order valence-electron chi connectivity index (χ2n) is 3.39.